The summed E-state index contributed by atoms with van der Waals surface area (Å²) >= 11 is 0. The van der Waals surface area contributed by atoms with E-state index < -0.39 is 60.0 Å². The van der Waals surface area contributed by atoms with Crippen LogP contribution < -0.4 is 5.32 Å². The third kappa shape index (κ3) is 5.50. The fourth-order valence-corrected chi connectivity index (χ4v) is 5.42. The van der Waals surface area contributed by atoms with Crippen LogP contribution in [-0.4, -0.2) is 106 Å². The SMILES string of the molecule is C=C1C[C@](OC)([C@H](O)C(=O)N[C@@H]2OCO[C@H]3[C@@H]2O[C@H](C[C@@H](CO)OC)C(C)(C)[C@@H]3OC)O[C@H](C)[C@@H]1C. The smallest absolute Gasteiger partial charge is 0.256 e. The summed E-state index contributed by atoms with van der Waals surface area (Å²) in [7, 11) is 4.51. The zero-order valence-corrected chi connectivity index (χ0v) is 22.4. The Morgan fingerprint density at radius 2 is 1.92 bits per heavy atom. The number of nitrogens with one attached hydrogen (secondary N) is 1. The van der Waals surface area contributed by atoms with Crippen molar-refractivity contribution in [3.05, 3.63) is 12.2 Å². The highest BCUT2D eigenvalue weighted by atomic mass is 16.7. The second-order valence-corrected chi connectivity index (χ2v) is 10.6. The number of carbonyl (C=O) groups is 1. The molecule has 0 unspecified atom stereocenters. The lowest BCUT2D eigenvalue weighted by molar-refractivity contribution is -0.333. The maximum absolute atomic E-state index is 13.3. The number of methoxy groups -OCH3 is 3. The summed E-state index contributed by atoms with van der Waals surface area (Å²) in [5.74, 6) is -2.25. The standard InChI is InChI=1S/C25H43NO10/c1-13-10-25(32-8,36-15(3)14(13)2)20(28)22(29)26-23-19-18(33-12-34-23)21(31-7)24(4,5)17(35-19)9-16(11-27)30-6/h14-21,23,27-28H,1,9-12H2,2-8H3,(H,26,29)/t14-,15-,16+,17-,18+,19+,20-,21-,23-,25-/m1/s1. The fourth-order valence-electron chi connectivity index (χ4n) is 5.42. The van der Waals surface area contributed by atoms with Gasteiger partial charge < -0.3 is 48.7 Å². The molecule has 3 heterocycles. The lowest BCUT2D eigenvalue weighted by Crippen LogP contribution is -2.69. The van der Waals surface area contributed by atoms with Crippen LogP contribution in [0.1, 0.15) is 40.5 Å². The maximum Gasteiger partial charge on any atom is 0.256 e. The fraction of sp³-hybridized carbons (Fsp3) is 0.880. The molecule has 10 atom stereocenters. The molecule has 3 aliphatic heterocycles. The summed E-state index contributed by atoms with van der Waals surface area (Å²) in [6, 6.07) is 0. The van der Waals surface area contributed by atoms with Gasteiger partial charge in [0.25, 0.3) is 5.91 Å². The quantitative estimate of drug-likeness (QED) is 0.376. The van der Waals surface area contributed by atoms with Gasteiger partial charge in [-0.3, -0.25) is 4.79 Å². The van der Waals surface area contributed by atoms with Crippen molar-refractivity contribution in [2.45, 2.75) is 95.3 Å². The van der Waals surface area contributed by atoms with Gasteiger partial charge in [-0.2, -0.15) is 0 Å². The Bertz CT molecular complexity index is 774. The zero-order valence-electron chi connectivity index (χ0n) is 22.4. The molecule has 0 aromatic carbocycles. The van der Waals surface area contributed by atoms with Crippen molar-refractivity contribution >= 4 is 5.91 Å². The summed E-state index contributed by atoms with van der Waals surface area (Å²) in [6.45, 7) is 11.6. The number of aliphatic hydroxyl groups excluding tert-OH is 2. The minimum atomic E-state index is -1.65. The molecule has 0 spiro atoms. The van der Waals surface area contributed by atoms with Crippen LogP contribution in [0.4, 0.5) is 0 Å². The van der Waals surface area contributed by atoms with Crippen molar-refractivity contribution in [3.8, 4) is 0 Å². The van der Waals surface area contributed by atoms with Crippen molar-refractivity contribution in [1.82, 2.24) is 5.32 Å². The lowest BCUT2D eigenvalue weighted by atomic mass is 9.72. The minimum Gasteiger partial charge on any atom is -0.394 e. The minimum absolute atomic E-state index is 0.0554. The third-order valence-corrected chi connectivity index (χ3v) is 8.08. The molecule has 3 N–H and O–H groups in total. The van der Waals surface area contributed by atoms with Gasteiger partial charge in [-0.25, -0.2) is 0 Å². The van der Waals surface area contributed by atoms with Gasteiger partial charge in [-0.15, -0.1) is 0 Å². The van der Waals surface area contributed by atoms with Crippen molar-refractivity contribution < 1.29 is 48.2 Å². The van der Waals surface area contributed by atoms with Crippen molar-refractivity contribution in [2.24, 2.45) is 11.3 Å². The number of rotatable bonds is 9. The molecular weight excluding hydrogens is 474 g/mol. The molecule has 0 aromatic heterocycles. The summed E-state index contributed by atoms with van der Waals surface area (Å²) in [5, 5.41) is 23.5. The third-order valence-electron chi connectivity index (χ3n) is 8.08. The second-order valence-electron chi connectivity index (χ2n) is 10.6. The number of hydrogen-bond donors (Lipinski definition) is 3. The first-order valence-corrected chi connectivity index (χ1v) is 12.4. The van der Waals surface area contributed by atoms with Gasteiger partial charge in [0, 0.05) is 45.5 Å². The molecule has 1 amide bonds. The van der Waals surface area contributed by atoms with Gasteiger partial charge in [0.2, 0.25) is 5.79 Å². The van der Waals surface area contributed by atoms with Crippen LogP contribution in [0.2, 0.25) is 0 Å². The van der Waals surface area contributed by atoms with Gasteiger partial charge >= 0.3 is 0 Å². The summed E-state index contributed by atoms with van der Waals surface area (Å²) in [6.07, 6.45) is -4.86. The Balaban J connectivity index is 1.80. The molecule has 0 aliphatic carbocycles. The first-order chi connectivity index (χ1) is 16.9. The van der Waals surface area contributed by atoms with Crippen LogP contribution >= 0.6 is 0 Å². The average Bonchev–Trinajstić information content (AvgIpc) is 2.85. The summed E-state index contributed by atoms with van der Waals surface area (Å²) < 4.78 is 40.7. The first kappa shape index (κ1) is 29.4. The molecule has 0 saturated carbocycles. The molecule has 0 aromatic rings. The van der Waals surface area contributed by atoms with Crippen molar-refractivity contribution in [3.63, 3.8) is 0 Å². The summed E-state index contributed by atoms with van der Waals surface area (Å²) in [5.41, 5.74) is 0.321. The van der Waals surface area contributed by atoms with Crippen molar-refractivity contribution in [1.29, 1.82) is 0 Å². The maximum atomic E-state index is 13.3. The number of aliphatic hydroxyl groups is 2. The Labute approximate surface area is 213 Å². The average molecular weight is 518 g/mol. The molecule has 3 fully saturated rings. The van der Waals surface area contributed by atoms with Gasteiger partial charge in [0.05, 0.1) is 31.0 Å². The number of hydrogen-bond acceptors (Lipinski definition) is 10. The molecular formula is C25H43NO10. The van der Waals surface area contributed by atoms with Gasteiger partial charge in [-0.1, -0.05) is 32.9 Å². The highest BCUT2D eigenvalue weighted by molar-refractivity contribution is 5.82. The lowest BCUT2D eigenvalue weighted by Gasteiger charge is -2.54. The largest absolute Gasteiger partial charge is 0.394 e. The topological polar surface area (TPSA) is 134 Å². The van der Waals surface area contributed by atoms with Gasteiger partial charge in [-0.05, 0) is 6.92 Å². The molecule has 3 saturated heterocycles. The molecule has 3 rings (SSSR count). The van der Waals surface area contributed by atoms with E-state index in [0.29, 0.717) is 6.42 Å². The Morgan fingerprint density at radius 1 is 1.22 bits per heavy atom. The van der Waals surface area contributed by atoms with Crippen LogP contribution in [0.3, 0.4) is 0 Å². The van der Waals surface area contributed by atoms with Crippen LogP contribution in [0, 0.1) is 11.3 Å². The van der Waals surface area contributed by atoms with E-state index in [9.17, 15) is 15.0 Å². The number of amides is 1. The summed E-state index contributed by atoms with van der Waals surface area (Å²) in [4.78, 5) is 13.3. The molecule has 11 heteroatoms. The molecule has 0 radical (unpaired) electrons. The van der Waals surface area contributed by atoms with Crippen molar-refractivity contribution in [2.75, 3.05) is 34.7 Å². The van der Waals surface area contributed by atoms with E-state index in [4.69, 9.17) is 33.2 Å². The van der Waals surface area contributed by atoms with E-state index in [0.717, 1.165) is 5.57 Å². The Kier molecular flexibility index (Phi) is 9.57. The first-order valence-electron chi connectivity index (χ1n) is 12.4. The second kappa shape index (κ2) is 11.7. The van der Waals surface area contributed by atoms with Crippen LogP contribution in [0.15, 0.2) is 12.2 Å². The molecule has 36 heavy (non-hydrogen) atoms. The normalized spacial score (nSPS) is 40.2. The zero-order chi connectivity index (χ0) is 26.8. The monoisotopic (exact) mass is 517 g/mol. The highest BCUT2D eigenvalue weighted by Gasteiger charge is 2.57. The Morgan fingerprint density at radius 3 is 2.47 bits per heavy atom. The van der Waals surface area contributed by atoms with E-state index in [1.54, 1.807) is 7.11 Å². The molecule has 11 nitrogen and oxygen atoms in total. The van der Waals surface area contributed by atoms with E-state index in [1.165, 1.54) is 14.2 Å². The van der Waals surface area contributed by atoms with E-state index >= 15 is 0 Å². The number of carbonyl (C=O) groups excluding carboxylic acids is 1. The van der Waals surface area contributed by atoms with Crippen LogP contribution in [-0.2, 0) is 38.0 Å². The number of ether oxygens (including phenoxy) is 7. The molecule has 0 bridgehead atoms. The number of fused-ring (bicyclic) bond motifs is 1. The molecule has 208 valence electrons. The van der Waals surface area contributed by atoms with E-state index in [-0.39, 0.29) is 31.8 Å². The van der Waals surface area contributed by atoms with E-state index in [2.05, 4.69) is 11.9 Å². The van der Waals surface area contributed by atoms with Crippen LogP contribution in [0.25, 0.3) is 0 Å². The predicted octanol–water partition coefficient (Wildman–Crippen LogP) is 0.712. The Hall–Kier alpha value is -1.15. The van der Waals surface area contributed by atoms with E-state index in [1.807, 2.05) is 27.7 Å². The highest BCUT2D eigenvalue weighted by Crippen LogP contribution is 2.44. The molecule has 3 aliphatic rings. The van der Waals surface area contributed by atoms with Gasteiger partial charge in [0.1, 0.15) is 19.0 Å². The van der Waals surface area contributed by atoms with Crippen LogP contribution in [0.5, 0.6) is 0 Å². The van der Waals surface area contributed by atoms with Gasteiger partial charge in [0.15, 0.2) is 12.3 Å². The predicted molar refractivity (Wildman–Crippen MR) is 128 cm³/mol.